The smallest absolute Gasteiger partial charge is 0.404 e. The monoisotopic (exact) mass is 172 g/mol. The van der Waals surface area contributed by atoms with Gasteiger partial charge >= 0.3 is 6.09 Å². The van der Waals surface area contributed by atoms with Gasteiger partial charge in [0.15, 0.2) is 0 Å². The van der Waals surface area contributed by atoms with E-state index < -0.39 is 6.09 Å². The average molecular weight is 172 g/mol. The molecule has 12 heavy (non-hydrogen) atoms. The maximum absolute atomic E-state index is 10.5. The minimum Gasteiger partial charge on any atom is -0.446 e. The summed E-state index contributed by atoms with van der Waals surface area (Å²) in [5, 5.41) is 0. The molecule has 4 nitrogen and oxygen atoms in total. The maximum atomic E-state index is 10.5. The predicted molar refractivity (Wildman–Crippen MR) is 45.4 cm³/mol. The zero-order valence-corrected chi connectivity index (χ0v) is 7.32. The molecule has 0 saturated heterocycles. The number of hydrogen-bond donors (Lipinski definition) is 2. The molecule has 0 unspecified atom stereocenters. The van der Waals surface area contributed by atoms with Crippen molar-refractivity contribution >= 4 is 6.09 Å². The molecule has 0 aliphatic heterocycles. The molecule has 3 atom stereocenters. The molecule has 0 aromatic rings. The van der Waals surface area contributed by atoms with E-state index in [9.17, 15) is 4.79 Å². The van der Waals surface area contributed by atoms with Crippen molar-refractivity contribution in [3.8, 4) is 0 Å². The Balaban J connectivity index is 2.39. The molecule has 4 heteroatoms. The largest absolute Gasteiger partial charge is 0.446 e. The molecular weight excluding hydrogens is 156 g/mol. The van der Waals surface area contributed by atoms with Crippen LogP contribution < -0.4 is 11.5 Å². The van der Waals surface area contributed by atoms with Crippen molar-refractivity contribution in [3.63, 3.8) is 0 Å². The Morgan fingerprint density at radius 3 is 2.67 bits per heavy atom. The molecule has 0 radical (unpaired) electrons. The van der Waals surface area contributed by atoms with E-state index in [2.05, 4.69) is 0 Å². The summed E-state index contributed by atoms with van der Waals surface area (Å²) < 4.78 is 4.94. The summed E-state index contributed by atoms with van der Waals surface area (Å²) in [7, 11) is 0. The molecule has 1 aliphatic carbocycles. The Bertz CT molecular complexity index is 172. The normalized spacial score (nSPS) is 36.0. The summed E-state index contributed by atoms with van der Waals surface area (Å²) in [5.41, 5.74) is 10.7. The number of hydrogen-bond acceptors (Lipinski definition) is 3. The van der Waals surface area contributed by atoms with Crippen LogP contribution in [0.25, 0.3) is 0 Å². The van der Waals surface area contributed by atoms with Gasteiger partial charge in [0, 0.05) is 6.04 Å². The highest BCUT2D eigenvalue weighted by atomic mass is 16.6. The summed E-state index contributed by atoms with van der Waals surface area (Å²) in [4.78, 5) is 10.5. The Labute approximate surface area is 72.2 Å². The van der Waals surface area contributed by atoms with Gasteiger partial charge in [0.1, 0.15) is 6.10 Å². The van der Waals surface area contributed by atoms with Crippen LogP contribution in [0.4, 0.5) is 4.79 Å². The molecule has 1 aliphatic rings. The van der Waals surface area contributed by atoms with Gasteiger partial charge in [-0.05, 0) is 25.2 Å². The van der Waals surface area contributed by atoms with Crippen LogP contribution in [0.15, 0.2) is 0 Å². The number of nitrogens with two attached hydrogens (primary N) is 2. The van der Waals surface area contributed by atoms with Crippen molar-refractivity contribution in [1.29, 1.82) is 0 Å². The number of rotatable bonds is 1. The standard InChI is InChI=1S/C8H16N2O2/c1-5-4-6(9)2-3-7(5)12-8(10)11/h5-7H,2-4,9H2,1H3,(H2,10,11)/t5-,6-,7-/m0/s1. The van der Waals surface area contributed by atoms with Gasteiger partial charge in [-0.3, -0.25) is 0 Å². The minimum absolute atomic E-state index is 0.0256. The van der Waals surface area contributed by atoms with Gasteiger partial charge in [-0.1, -0.05) is 6.92 Å². The van der Waals surface area contributed by atoms with E-state index in [-0.39, 0.29) is 12.1 Å². The van der Waals surface area contributed by atoms with Gasteiger partial charge in [0.05, 0.1) is 0 Å². The third kappa shape index (κ3) is 2.37. The minimum atomic E-state index is -0.678. The zero-order chi connectivity index (χ0) is 9.14. The lowest BCUT2D eigenvalue weighted by molar-refractivity contribution is 0.0447. The van der Waals surface area contributed by atoms with Crippen LogP contribution in [-0.4, -0.2) is 18.2 Å². The van der Waals surface area contributed by atoms with Gasteiger partial charge in [-0.25, -0.2) is 4.79 Å². The van der Waals surface area contributed by atoms with Gasteiger partial charge < -0.3 is 16.2 Å². The highest BCUT2D eigenvalue weighted by molar-refractivity contribution is 5.64. The average Bonchev–Trinajstić information content (AvgIpc) is 1.94. The molecular formula is C8H16N2O2. The first-order chi connectivity index (χ1) is 5.59. The SMILES string of the molecule is C[C@H]1C[C@@H](N)CC[C@@H]1OC(N)=O. The second kappa shape index (κ2) is 3.76. The highest BCUT2D eigenvalue weighted by Crippen LogP contribution is 2.25. The lowest BCUT2D eigenvalue weighted by Crippen LogP contribution is -2.38. The Morgan fingerprint density at radius 2 is 2.17 bits per heavy atom. The number of ether oxygens (including phenoxy) is 1. The van der Waals surface area contributed by atoms with Crippen molar-refractivity contribution in [3.05, 3.63) is 0 Å². The van der Waals surface area contributed by atoms with E-state index in [4.69, 9.17) is 16.2 Å². The molecule has 70 valence electrons. The van der Waals surface area contributed by atoms with Crippen LogP contribution in [0.2, 0.25) is 0 Å². The lowest BCUT2D eigenvalue weighted by Gasteiger charge is -2.31. The Kier molecular flexibility index (Phi) is 2.92. The van der Waals surface area contributed by atoms with Gasteiger partial charge in [0.2, 0.25) is 0 Å². The maximum Gasteiger partial charge on any atom is 0.404 e. The second-order valence-electron chi connectivity index (χ2n) is 3.53. The molecule has 0 heterocycles. The summed E-state index contributed by atoms with van der Waals surface area (Å²) in [5.74, 6) is 0.334. The number of carbonyl (C=O) groups excluding carboxylic acids is 1. The second-order valence-corrected chi connectivity index (χ2v) is 3.53. The van der Waals surface area contributed by atoms with Crippen LogP contribution in [0.3, 0.4) is 0 Å². The number of carbonyl (C=O) groups is 1. The molecule has 1 rings (SSSR count). The van der Waals surface area contributed by atoms with E-state index in [1.807, 2.05) is 6.92 Å². The molecule has 1 amide bonds. The summed E-state index contributed by atoms with van der Waals surface area (Å²) in [6.45, 7) is 2.03. The van der Waals surface area contributed by atoms with Crippen LogP contribution in [-0.2, 0) is 4.74 Å². The van der Waals surface area contributed by atoms with Crippen LogP contribution in [0.1, 0.15) is 26.2 Å². The van der Waals surface area contributed by atoms with Crippen molar-refractivity contribution in [1.82, 2.24) is 0 Å². The zero-order valence-electron chi connectivity index (χ0n) is 7.32. The molecule has 0 spiro atoms. The van der Waals surface area contributed by atoms with Crippen molar-refractivity contribution in [2.45, 2.75) is 38.3 Å². The van der Waals surface area contributed by atoms with Crippen LogP contribution in [0, 0.1) is 5.92 Å². The summed E-state index contributed by atoms with van der Waals surface area (Å²) >= 11 is 0. The van der Waals surface area contributed by atoms with Gasteiger partial charge in [0.25, 0.3) is 0 Å². The molecule has 4 N–H and O–H groups in total. The number of primary amides is 1. The summed E-state index contributed by atoms with van der Waals surface area (Å²) in [6, 6.07) is 0.257. The van der Waals surface area contributed by atoms with Crippen LogP contribution in [0.5, 0.6) is 0 Å². The van der Waals surface area contributed by atoms with Gasteiger partial charge in [-0.15, -0.1) is 0 Å². The van der Waals surface area contributed by atoms with Crippen molar-refractivity contribution in [2.24, 2.45) is 17.4 Å². The first-order valence-corrected chi connectivity index (χ1v) is 4.31. The van der Waals surface area contributed by atoms with E-state index in [1.165, 1.54) is 0 Å². The third-order valence-electron chi connectivity index (χ3n) is 2.40. The predicted octanol–water partition coefficient (Wildman–Crippen LogP) is 0.598. The van der Waals surface area contributed by atoms with E-state index in [1.54, 1.807) is 0 Å². The Morgan fingerprint density at radius 1 is 1.50 bits per heavy atom. The first-order valence-electron chi connectivity index (χ1n) is 4.31. The van der Waals surface area contributed by atoms with Crippen molar-refractivity contribution < 1.29 is 9.53 Å². The van der Waals surface area contributed by atoms with E-state index in [0.717, 1.165) is 19.3 Å². The summed E-state index contributed by atoms with van der Waals surface area (Å²) in [6.07, 6.45) is 1.97. The van der Waals surface area contributed by atoms with E-state index in [0.29, 0.717) is 5.92 Å². The quantitative estimate of drug-likeness (QED) is 0.607. The van der Waals surface area contributed by atoms with E-state index >= 15 is 0 Å². The fourth-order valence-corrected chi connectivity index (χ4v) is 1.73. The topological polar surface area (TPSA) is 78.3 Å². The van der Waals surface area contributed by atoms with Crippen LogP contribution >= 0.6 is 0 Å². The van der Waals surface area contributed by atoms with Gasteiger partial charge in [-0.2, -0.15) is 0 Å². The Hall–Kier alpha value is -0.770. The fourth-order valence-electron chi connectivity index (χ4n) is 1.73. The molecule has 1 saturated carbocycles. The lowest BCUT2D eigenvalue weighted by atomic mass is 9.85. The molecule has 1 fully saturated rings. The van der Waals surface area contributed by atoms with Crippen molar-refractivity contribution in [2.75, 3.05) is 0 Å². The third-order valence-corrected chi connectivity index (χ3v) is 2.40. The fraction of sp³-hybridized carbons (Fsp3) is 0.875. The molecule has 0 aromatic heterocycles. The number of amides is 1. The molecule has 0 aromatic carbocycles. The first kappa shape index (κ1) is 9.32. The highest BCUT2D eigenvalue weighted by Gasteiger charge is 2.27. The molecule has 0 bridgehead atoms.